The van der Waals surface area contributed by atoms with Gasteiger partial charge in [0.05, 0.1) is 35.1 Å². The summed E-state index contributed by atoms with van der Waals surface area (Å²) in [4.78, 5) is 23.3. The number of carbonyl (C=O) groups is 1. The Morgan fingerprint density at radius 1 is 0.979 bits per heavy atom. The van der Waals surface area contributed by atoms with Gasteiger partial charge in [-0.1, -0.05) is 60.7 Å². The van der Waals surface area contributed by atoms with Gasteiger partial charge in [0, 0.05) is 48.9 Å². The molecule has 0 saturated heterocycles. The number of nitrogens with zero attached hydrogens (tertiary/aromatic N) is 6. The molecule has 3 heterocycles. The minimum atomic E-state index is -0.238. The van der Waals surface area contributed by atoms with Crippen LogP contribution in [0.15, 0.2) is 97.6 Å². The third-order valence-corrected chi connectivity index (χ3v) is 9.41. The molecule has 1 aliphatic rings. The topological polar surface area (TPSA) is 125 Å². The Balaban J connectivity index is 1.07. The number of carbonyl (C=O) groups excluding carboxylic acids is 1. The number of aromatic amines is 1. The quantitative estimate of drug-likeness (QED) is 0.184. The van der Waals surface area contributed by atoms with E-state index in [2.05, 4.69) is 55.9 Å². The Labute approximate surface area is 273 Å². The molecule has 9 nitrogen and oxygen atoms in total. The Kier molecular flexibility index (Phi) is 8.56. The SMILES string of the molecule is Cn1cc(-c2ccc(C(C(=O)NCc3ccccc3)[C@H]3CC[C@H](Cc4ncc(C#N)c(-c5ccc6[nH]ncc6c5)n4)CC3)cc2)cn1. The van der Waals surface area contributed by atoms with Crippen molar-refractivity contribution in [2.45, 2.75) is 44.6 Å². The van der Waals surface area contributed by atoms with E-state index in [0.29, 0.717) is 23.7 Å². The standard InChI is InChI=1S/C38H36N8O/c1-46-24-33(23-43-46)27-11-13-29(14-12-27)36(38(47)41-20-26-5-3-2-4-6-26)28-9-7-25(8-10-28)17-35-40-21-32(19-39)37(44-35)30-15-16-34-31(18-30)22-42-45-34/h2-6,11-16,18,21-25,28,36H,7-10,17,20H2,1H3,(H,41,47)(H,42,45)/t25-,28-,36?. The maximum absolute atomic E-state index is 13.9. The highest BCUT2D eigenvalue weighted by molar-refractivity contribution is 5.85. The number of amides is 1. The van der Waals surface area contributed by atoms with Gasteiger partial charge < -0.3 is 5.32 Å². The van der Waals surface area contributed by atoms with Gasteiger partial charge in [-0.25, -0.2) is 9.97 Å². The van der Waals surface area contributed by atoms with Crippen molar-refractivity contribution >= 4 is 16.8 Å². The summed E-state index contributed by atoms with van der Waals surface area (Å²) in [5.41, 5.74) is 7.19. The summed E-state index contributed by atoms with van der Waals surface area (Å²) in [6, 6.07) is 26.6. The predicted octanol–water partition coefficient (Wildman–Crippen LogP) is 6.74. The molecule has 0 bridgehead atoms. The van der Waals surface area contributed by atoms with Crippen LogP contribution in [0.1, 0.15) is 54.1 Å². The van der Waals surface area contributed by atoms with Gasteiger partial charge in [-0.05, 0) is 66.3 Å². The predicted molar refractivity (Wildman–Crippen MR) is 181 cm³/mol. The minimum Gasteiger partial charge on any atom is -0.351 e. The molecule has 3 aromatic heterocycles. The summed E-state index contributed by atoms with van der Waals surface area (Å²) < 4.78 is 1.80. The fourth-order valence-corrected chi connectivity index (χ4v) is 6.88. The van der Waals surface area contributed by atoms with Crippen molar-refractivity contribution in [1.82, 2.24) is 35.3 Å². The Morgan fingerprint density at radius 3 is 2.51 bits per heavy atom. The second kappa shape index (κ2) is 13.4. The number of fused-ring (bicyclic) bond motifs is 1. The Morgan fingerprint density at radius 2 is 1.77 bits per heavy atom. The van der Waals surface area contributed by atoms with Crippen molar-refractivity contribution in [3.63, 3.8) is 0 Å². The van der Waals surface area contributed by atoms with E-state index in [1.807, 2.05) is 68.0 Å². The van der Waals surface area contributed by atoms with E-state index >= 15 is 0 Å². The van der Waals surface area contributed by atoms with Crippen molar-refractivity contribution in [3.8, 4) is 28.5 Å². The summed E-state index contributed by atoms with van der Waals surface area (Å²) in [6.07, 6.45) is 11.9. The lowest BCUT2D eigenvalue weighted by Gasteiger charge is -2.33. The first-order valence-corrected chi connectivity index (χ1v) is 16.1. The average Bonchev–Trinajstić information content (AvgIpc) is 3.77. The molecule has 1 fully saturated rings. The van der Waals surface area contributed by atoms with Crippen LogP contribution >= 0.6 is 0 Å². The smallest absolute Gasteiger partial charge is 0.228 e. The minimum absolute atomic E-state index is 0.0705. The van der Waals surface area contributed by atoms with Crippen LogP contribution in [-0.2, 0) is 24.8 Å². The van der Waals surface area contributed by atoms with Crippen molar-refractivity contribution in [3.05, 3.63) is 120 Å². The highest BCUT2D eigenvalue weighted by atomic mass is 16.1. The highest BCUT2D eigenvalue weighted by Crippen LogP contribution is 2.40. The molecule has 7 rings (SSSR count). The van der Waals surface area contributed by atoms with Gasteiger partial charge >= 0.3 is 0 Å². The second-order valence-electron chi connectivity index (χ2n) is 12.5. The normalized spacial score (nSPS) is 16.9. The van der Waals surface area contributed by atoms with E-state index in [9.17, 15) is 10.1 Å². The van der Waals surface area contributed by atoms with Gasteiger partial charge in [-0.15, -0.1) is 0 Å². The first-order chi connectivity index (χ1) is 23.0. The number of aryl methyl sites for hydroxylation is 1. The zero-order valence-electron chi connectivity index (χ0n) is 26.3. The molecule has 1 atom stereocenters. The van der Waals surface area contributed by atoms with Crippen LogP contribution in [0.3, 0.4) is 0 Å². The molecule has 3 aromatic carbocycles. The van der Waals surface area contributed by atoms with Crippen LogP contribution in [0.25, 0.3) is 33.3 Å². The van der Waals surface area contributed by atoms with E-state index in [0.717, 1.165) is 76.6 Å². The molecule has 234 valence electrons. The van der Waals surface area contributed by atoms with Crippen molar-refractivity contribution < 1.29 is 4.79 Å². The molecule has 1 unspecified atom stereocenters. The third kappa shape index (κ3) is 6.68. The van der Waals surface area contributed by atoms with Crippen LogP contribution < -0.4 is 5.32 Å². The van der Waals surface area contributed by atoms with Gasteiger partial charge in [-0.2, -0.15) is 15.5 Å². The van der Waals surface area contributed by atoms with E-state index in [-0.39, 0.29) is 17.7 Å². The fraction of sp³-hybridized carbons (Fsp3) is 0.263. The van der Waals surface area contributed by atoms with E-state index in [1.54, 1.807) is 17.1 Å². The molecule has 9 heteroatoms. The van der Waals surface area contributed by atoms with Crippen LogP contribution in [0.5, 0.6) is 0 Å². The highest BCUT2D eigenvalue weighted by Gasteiger charge is 2.33. The largest absolute Gasteiger partial charge is 0.351 e. The summed E-state index contributed by atoms with van der Waals surface area (Å²) in [7, 11) is 1.91. The lowest BCUT2D eigenvalue weighted by atomic mass is 9.72. The molecule has 1 saturated carbocycles. The van der Waals surface area contributed by atoms with Crippen LogP contribution in [0.2, 0.25) is 0 Å². The van der Waals surface area contributed by atoms with Gasteiger partial charge in [-0.3, -0.25) is 14.6 Å². The van der Waals surface area contributed by atoms with Gasteiger partial charge in [0.1, 0.15) is 11.9 Å². The number of nitrogens with one attached hydrogen (secondary N) is 2. The zero-order valence-corrected chi connectivity index (χ0v) is 26.3. The molecule has 0 spiro atoms. The number of hydrogen-bond donors (Lipinski definition) is 2. The van der Waals surface area contributed by atoms with Gasteiger partial charge in [0.15, 0.2) is 0 Å². The number of nitriles is 1. The summed E-state index contributed by atoms with van der Waals surface area (Å²) in [6.45, 7) is 0.505. The summed E-state index contributed by atoms with van der Waals surface area (Å²) in [5.74, 6) is 1.21. The Bertz CT molecular complexity index is 2030. The molecule has 6 aromatic rings. The maximum atomic E-state index is 13.9. The maximum Gasteiger partial charge on any atom is 0.228 e. The molecule has 1 aliphatic carbocycles. The summed E-state index contributed by atoms with van der Waals surface area (Å²) >= 11 is 0. The molecule has 1 amide bonds. The van der Waals surface area contributed by atoms with Crippen molar-refractivity contribution in [2.75, 3.05) is 0 Å². The molecular weight excluding hydrogens is 584 g/mol. The average molecular weight is 621 g/mol. The Hall–Kier alpha value is -5.62. The zero-order chi connectivity index (χ0) is 32.2. The third-order valence-electron chi connectivity index (χ3n) is 9.41. The number of rotatable bonds is 9. The molecule has 0 radical (unpaired) electrons. The van der Waals surface area contributed by atoms with E-state index in [1.165, 1.54) is 0 Å². The summed E-state index contributed by atoms with van der Waals surface area (Å²) in [5, 5.41) is 25.4. The van der Waals surface area contributed by atoms with Gasteiger partial charge in [0.2, 0.25) is 5.91 Å². The number of aromatic nitrogens is 6. The first kappa shape index (κ1) is 30.1. The van der Waals surface area contributed by atoms with Gasteiger partial charge in [0.25, 0.3) is 0 Å². The molecule has 47 heavy (non-hydrogen) atoms. The van der Waals surface area contributed by atoms with Crippen LogP contribution in [0, 0.1) is 23.2 Å². The van der Waals surface area contributed by atoms with E-state index < -0.39 is 0 Å². The monoisotopic (exact) mass is 620 g/mol. The number of hydrogen-bond acceptors (Lipinski definition) is 6. The first-order valence-electron chi connectivity index (χ1n) is 16.1. The lowest BCUT2D eigenvalue weighted by Crippen LogP contribution is -2.35. The van der Waals surface area contributed by atoms with Crippen molar-refractivity contribution in [2.24, 2.45) is 18.9 Å². The second-order valence-corrected chi connectivity index (χ2v) is 12.5. The fourth-order valence-electron chi connectivity index (χ4n) is 6.88. The molecule has 2 N–H and O–H groups in total. The molecular formula is C38H36N8O. The lowest BCUT2D eigenvalue weighted by molar-refractivity contribution is -0.124. The van der Waals surface area contributed by atoms with Crippen LogP contribution in [0.4, 0.5) is 0 Å². The van der Waals surface area contributed by atoms with Crippen LogP contribution in [-0.4, -0.2) is 35.9 Å². The van der Waals surface area contributed by atoms with E-state index in [4.69, 9.17) is 4.98 Å². The number of H-pyrrole nitrogens is 1. The molecule has 0 aliphatic heterocycles. The van der Waals surface area contributed by atoms with Crippen molar-refractivity contribution in [1.29, 1.82) is 5.26 Å². The number of benzene rings is 3.